The Morgan fingerprint density at radius 3 is 2.33 bits per heavy atom. The molecule has 1 rings (SSSR count). The Morgan fingerprint density at radius 1 is 1.33 bits per heavy atom. The molecule has 1 aromatic carbocycles. The number of carbonyl (C=O) groups is 2. The lowest BCUT2D eigenvalue weighted by atomic mass is 10.3. The molecule has 0 fully saturated rings. The van der Waals surface area contributed by atoms with Gasteiger partial charge >= 0.3 is 6.03 Å². The standard InChI is InChI=1S/C9H10FN3O2/c1-6(14)13(11)9(15)12-8-4-2-7(10)3-5-8/h2-5H,11H2,1H3,(H,12,15). The van der Waals surface area contributed by atoms with E-state index in [2.05, 4.69) is 5.32 Å². The van der Waals surface area contributed by atoms with E-state index in [0.717, 1.165) is 6.92 Å². The van der Waals surface area contributed by atoms with E-state index in [0.29, 0.717) is 10.7 Å². The molecule has 0 aromatic heterocycles. The van der Waals surface area contributed by atoms with Crippen LogP contribution in [0, 0.1) is 5.82 Å². The molecule has 3 N–H and O–H groups in total. The number of nitrogens with zero attached hydrogens (tertiary/aromatic N) is 1. The van der Waals surface area contributed by atoms with Crippen LogP contribution in [0.2, 0.25) is 0 Å². The number of hydrogen-bond donors (Lipinski definition) is 2. The van der Waals surface area contributed by atoms with E-state index >= 15 is 0 Å². The maximum absolute atomic E-state index is 12.5. The molecule has 15 heavy (non-hydrogen) atoms. The molecule has 1 aromatic rings. The molecular formula is C9H10FN3O2. The molecule has 6 heteroatoms. The van der Waals surface area contributed by atoms with E-state index in [4.69, 9.17) is 5.84 Å². The fraction of sp³-hybridized carbons (Fsp3) is 0.111. The van der Waals surface area contributed by atoms with Crippen LogP contribution in [0.5, 0.6) is 0 Å². The summed E-state index contributed by atoms with van der Waals surface area (Å²) >= 11 is 0. The van der Waals surface area contributed by atoms with Gasteiger partial charge < -0.3 is 5.32 Å². The molecular weight excluding hydrogens is 201 g/mol. The lowest BCUT2D eigenvalue weighted by Gasteiger charge is -2.13. The minimum atomic E-state index is -0.769. The van der Waals surface area contributed by atoms with Crippen LogP contribution in [0.4, 0.5) is 14.9 Å². The van der Waals surface area contributed by atoms with Crippen LogP contribution >= 0.6 is 0 Å². The van der Waals surface area contributed by atoms with Gasteiger partial charge in [0, 0.05) is 12.6 Å². The second kappa shape index (κ2) is 4.52. The van der Waals surface area contributed by atoms with Crippen molar-refractivity contribution in [2.24, 2.45) is 5.84 Å². The number of carbonyl (C=O) groups excluding carboxylic acids is 2. The first kappa shape index (κ1) is 11.1. The number of urea groups is 1. The summed E-state index contributed by atoms with van der Waals surface area (Å²) in [6, 6.07) is 4.32. The van der Waals surface area contributed by atoms with Crippen molar-refractivity contribution in [2.75, 3.05) is 5.32 Å². The molecule has 0 atom stereocenters. The number of amides is 3. The maximum atomic E-state index is 12.5. The van der Waals surface area contributed by atoms with Crippen LogP contribution in [-0.4, -0.2) is 16.9 Å². The number of benzene rings is 1. The van der Waals surface area contributed by atoms with Gasteiger partial charge in [-0.25, -0.2) is 15.0 Å². The summed E-state index contributed by atoms with van der Waals surface area (Å²) in [4.78, 5) is 21.9. The molecule has 0 spiro atoms. The predicted molar refractivity (Wildman–Crippen MR) is 52.1 cm³/mol. The molecule has 0 saturated carbocycles. The molecule has 0 aliphatic rings. The van der Waals surface area contributed by atoms with Gasteiger partial charge in [0.25, 0.3) is 0 Å². The normalized spacial score (nSPS) is 9.53. The Kier molecular flexibility index (Phi) is 3.35. The third-order valence-corrected chi connectivity index (χ3v) is 1.65. The number of imide groups is 1. The maximum Gasteiger partial charge on any atom is 0.343 e. The van der Waals surface area contributed by atoms with Gasteiger partial charge in [0.15, 0.2) is 0 Å². The number of nitrogens with two attached hydrogens (primary N) is 1. The highest BCUT2D eigenvalue weighted by atomic mass is 19.1. The number of nitrogens with one attached hydrogen (secondary N) is 1. The Labute approximate surface area is 85.6 Å². The lowest BCUT2D eigenvalue weighted by molar-refractivity contribution is -0.125. The van der Waals surface area contributed by atoms with Crippen molar-refractivity contribution in [1.82, 2.24) is 5.01 Å². The summed E-state index contributed by atoms with van der Waals surface area (Å²) in [5, 5.41) is 2.76. The van der Waals surface area contributed by atoms with Gasteiger partial charge in [0.05, 0.1) is 0 Å². The van der Waals surface area contributed by atoms with Gasteiger partial charge in [0.2, 0.25) is 5.91 Å². The number of anilines is 1. The number of halogens is 1. The third kappa shape index (κ3) is 3.03. The first-order valence-corrected chi connectivity index (χ1v) is 4.12. The summed E-state index contributed by atoms with van der Waals surface area (Å²) in [6.07, 6.45) is 0. The summed E-state index contributed by atoms with van der Waals surface area (Å²) in [6.45, 7) is 1.16. The smallest absolute Gasteiger partial charge is 0.306 e. The monoisotopic (exact) mass is 211 g/mol. The van der Waals surface area contributed by atoms with Crippen LogP contribution in [0.1, 0.15) is 6.92 Å². The van der Waals surface area contributed by atoms with Gasteiger partial charge in [-0.1, -0.05) is 0 Å². The molecule has 3 amide bonds. The van der Waals surface area contributed by atoms with E-state index in [9.17, 15) is 14.0 Å². The fourth-order valence-electron chi connectivity index (χ4n) is 0.860. The van der Waals surface area contributed by atoms with Crippen LogP contribution < -0.4 is 11.2 Å². The summed E-state index contributed by atoms with van der Waals surface area (Å²) in [5.41, 5.74) is 0.359. The summed E-state index contributed by atoms with van der Waals surface area (Å²) in [5.74, 6) is 4.13. The predicted octanol–water partition coefficient (Wildman–Crippen LogP) is 1.08. The zero-order chi connectivity index (χ0) is 11.4. The van der Waals surface area contributed by atoms with Gasteiger partial charge in [-0.3, -0.25) is 4.79 Å². The fourth-order valence-corrected chi connectivity index (χ4v) is 0.860. The van der Waals surface area contributed by atoms with Crippen LogP contribution in [0.25, 0.3) is 0 Å². The Morgan fingerprint density at radius 2 is 1.87 bits per heavy atom. The Balaban J connectivity index is 2.66. The second-order valence-corrected chi connectivity index (χ2v) is 2.83. The van der Waals surface area contributed by atoms with E-state index in [1.807, 2.05) is 0 Å². The molecule has 0 unspecified atom stereocenters. The topological polar surface area (TPSA) is 75.4 Å². The minimum Gasteiger partial charge on any atom is -0.306 e. The molecule has 0 radical (unpaired) electrons. The van der Waals surface area contributed by atoms with Gasteiger partial charge in [-0.2, -0.15) is 5.01 Å². The SMILES string of the molecule is CC(=O)N(N)C(=O)Nc1ccc(F)cc1. The first-order valence-electron chi connectivity index (χ1n) is 4.12. The van der Waals surface area contributed by atoms with E-state index in [1.165, 1.54) is 24.3 Å². The van der Waals surface area contributed by atoms with Crippen molar-refractivity contribution in [3.8, 4) is 0 Å². The van der Waals surface area contributed by atoms with Gasteiger partial charge in [-0.15, -0.1) is 0 Å². The van der Waals surface area contributed by atoms with Crippen LogP contribution in [0.15, 0.2) is 24.3 Å². The average Bonchev–Trinajstić information content (AvgIpc) is 2.20. The van der Waals surface area contributed by atoms with Crippen molar-refractivity contribution >= 4 is 17.6 Å². The van der Waals surface area contributed by atoms with Crippen LogP contribution in [-0.2, 0) is 4.79 Å². The lowest BCUT2D eigenvalue weighted by Crippen LogP contribution is -2.43. The zero-order valence-electron chi connectivity index (χ0n) is 8.03. The summed E-state index contributed by atoms with van der Waals surface area (Å²) < 4.78 is 12.5. The first-order chi connectivity index (χ1) is 7.00. The largest absolute Gasteiger partial charge is 0.343 e. The van der Waals surface area contributed by atoms with Crippen molar-refractivity contribution in [3.05, 3.63) is 30.1 Å². The molecule has 0 heterocycles. The molecule has 0 saturated heterocycles. The van der Waals surface area contributed by atoms with E-state index in [-0.39, 0.29) is 0 Å². The molecule has 5 nitrogen and oxygen atoms in total. The highest BCUT2D eigenvalue weighted by Crippen LogP contribution is 2.08. The summed E-state index contributed by atoms with van der Waals surface area (Å²) in [7, 11) is 0. The van der Waals surface area contributed by atoms with Gasteiger partial charge in [0.1, 0.15) is 5.82 Å². The molecule has 0 bridgehead atoms. The quantitative estimate of drug-likeness (QED) is 0.414. The number of rotatable bonds is 1. The number of hydrazine groups is 1. The van der Waals surface area contributed by atoms with Crippen LogP contribution in [0.3, 0.4) is 0 Å². The van der Waals surface area contributed by atoms with Crippen molar-refractivity contribution in [2.45, 2.75) is 6.92 Å². The van der Waals surface area contributed by atoms with E-state index in [1.54, 1.807) is 0 Å². The van der Waals surface area contributed by atoms with Crippen molar-refractivity contribution in [1.29, 1.82) is 0 Å². The Hall–Kier alpha value is -1.95. The minimum absolute atomic E-state index is 0.359. The molecule has 0 aliphatic heterocycles. The Bertz CT molecular complexity index is 377. The molecule has 80 valence electrons. The number of hydrogen-bond acceptors (Lipinski definition) is 3. The zero-order valence-corrected chi connectivity index (χ0v) is 8.03. The van der Waals surface area contributed by atoms with Crippen molar-refractivity contribution in [3.63, 3.8) is 0 Å². The average molecular weight is 211 g/mol. The highest BCUT2D eigenvalue weighted by molar-refractivity contribution is 5.99. The second-order valence-electron chi connectivity index (χ2n) is 2.83. The third-order valence-electron chi connectivity index (χ3n) is 1.65. The highest BCUT2D eigenvalue weighted by Gasteiger charge is 2.13. The van der Waals surface area contributed by atoms with Crippen molar-refractivity contribution < 1.29 is 14.0 Å². The van der Waals surface area contributed by atoms with Gasteiger partial charge in [-0.05, 0) is 24.3 Å². The molecule has 0 aliphatic carbocycles. The van der Waals surface area contributed by atoms with E-state index < -0.39 is 17.8 Å².